The number of rotatable bonds is 3. The molecule has 2 aromatic heterocycles. The van der Waals surface area contributed by atoms with E-state index < -0.39 is 0 Å². The molecule has 5 heteroatoms. The van der Waals surface area contributed by atoms with Crippen molar-refractivity contribution in [2.75, 3.05) is 6.54 Å². The fraction of sp³-hybridized carbons (Fsp3) is 0.250. The van der Waals surface area contributed by atoms with Crippen molar-refractivity contribution >= 4 is 0 Å². The third kappa shape index (κ3) is 1.59. The molecule has 0 fully saturated rings. The van der Waals surface area contributed by atoms with E-state index in [-0.39, 0.29) is 0 Å². The van der Waals surface area contributed by atoms with Crippen LogP contribution in [0.15, 0.2) is 23.0 Å². The fourth-order valence-electron chi connectivity index (χ4n) is 1.06. The van der Waals surface area contributed by atoms with Gasteiger partial charge >= 0.3 is 0 Å². The molecule has 0 aromatic carbocycles. The zero-order valence-corrected chi connectivity index (χ0v) is 7.03. The lowest BCUT2D eigenvalue weighted by molar-refractivity contribution is 0.422. The summed E-state index contributed by atoms with van der Waals surface area (Å²) in [6, 6.07) is 1.87. The summed E-state index contributed by atoms with van der Waals surface area (Å²) in [5.74, 6) is 1.18. The van der Waals surface area contributed by atoms with Crippen molar-refractivity contribution < 1.29 is 4.52 Å². The van der Waals surface area contributed by atoms with Gasteiger partial charge in [-0.2, -0.15) is 4.98 Å². The first-order valence-corrected chi connectivity index (χ1v) is 4.06. The molecule has 0 saturated carbocycles. The summed E-state index contributed by atoms with van der Waals surface area (Å²) in [4.78, 5) is 7.08. The van der Waals surface area contributed by atoms with E-state index in [9.17, 15) is 0 Å². The van der Waals surface area contributed by atoms with Crippen LogP contribution in [0.1, 0.15) is 5.82 Å². The molecule has 0 aliphatic heterocycles. The van der Waals surface area contributed by atoms with Gasteiger partial charge < -0.3 is 15.2 Å². The van der Waals surface area contributed by atoms with Crippen LogP contribution in [-0.4, -0.2) is 21.7 Å². The summed E-state index contributed by atoms with van der Waals surface area (Å²) in [5, 5.41) is 3.78. The van der Waals surface area contributed by atoms with Crippen LogP contribution >= 0.6 is 0 Å². The predicted molar refractivity (Wildman–Crippen MR) is 46.8 cm³/mol. The second kappa shape index (κ2) is 3.40. The summed E-state index contributed by atoms with van der Waals surface area (Å²) < 4.78 is 5.02. The molecular formula is C8H10N4O. The zero-order chi connectivity index (χ0) is 9.10. The molecule has 0 atom stereocenters. The van der Waals surface area contributed by atoms with E-state index in [0.717, 1.165) is 5.56 Å². The minimum absolute atomic E-state index is 0.532. The van der Waals surface area contributed by atoms with Crippen LogP contribution in [0.5, 0.6) is 0 Å². The topological polar surface area (TPSA) is 80.7 Å². The monoisotopic (exact) mass is 178 g/mol. The quantitative estimate of drug-likeness (QED) is 0.719. The summed E-state index contributed by atoms with van der Waals surface area (Å²) >= 11 is 0. The first kappa shape index (κ1) is 8.00. The highest BCUT2D eigenvalue weighted by Crippen LogP contribution is 2.15. The van der Waals surface area contributed by atoms with Gasteiger partial charge in [0.15, 0.2) is 5.82 Å². The lowest BCUT2D eigenvalue weighted by Crippen LogP contribution is -2.03. The SMILES string of the molecule is NCCc1noc(-c2cc[nH]c2)n1. The Morgan fingerprint density at radius 1 is 1.54 bits per heavy atom. The maximum Gasteiger partial charge on any atom is 0.259 e. The van der Waals surface area contributed by atoms with Gasteiger partial charge in [0.25, 0.3) is 5.89 Å². The van der Waals surface area contributed by atoms with Gasteiger partial charge in [-0.25, -0.2) is 0 Å². The van der Waals surface area contributed by atoms with Gasteiger partial charge in [-0.1, -0.05) is 5.16 Å². The van der Waals surface area contributed by atoms with Crippen LogP contribution in [0, 0.1) is 0 Å². The minimum atomic E-state index is 0.532. The molecule has 0 unspecified atom stereocenters. The molecule has 0 spiro atoms. The third-order valence-electron chi connectivity index (χ3n) is 1.68. The number of aromatic nitrogens is 3. The fourth-order valence-corrected chi connectivity index (χ4v) is 1.06. The molecule has 0 amide bonds. The Labute approximate surface area is 75.0 Å². The summed E-state index contributed by atoms with van der Waals surface area (Å²) in [7, 11) is 0. The van der Waals surface area contributed by atoms with E-state index in [0.29, 0.717) is 24.7 Å². The smallest absolute Gasteiger partial charge is 0.259 e. The van der Waals surface area contributed by atoms with E-state index in [4.69, 9.17) is 10.3 Å². The van der Waals surface area contributed by atoms with Crippen molar-refractivity contribution in [2.45, 2.75) is 6.42 Å². The van der Waals surface area contributed by atoms with E-state index >= 15 is 0 Å². The molecule has 0 saturated heterocycles. The Balaban J connectivity index is 2.23. The van der Waals surface area contributed by atoms with Crippen LogP contribution in [0.4, 0.5) is 0 Å². The molecule has 5 nitrogen and oxygen atoms in total. The number of hydrogen-bond acceptors (Lipinski definition) is 4. The standard InChI is InChI=1S/C8H10N4O/c9-3-1-7-11-8(13-12-7)6-2-4-10-5-6/h2,4-5,10H,1,3,9H2. The molecule has 68 valence electrons. The third-order valence-corrected chi connectivity index (χ3v) is 1.68. The van der Waals surface area contributed by atoms with E-state index in [1.165, 1.54) is 0 Å². The van der Waals surface area contributed by atoms with Crippen molar-refractivity contribution in [3.05, 3.63) is 24.3 Å². The molecule has 3 N–H and O–H groups in total. The van der Waals surface area contributed by atoms with Crippen LogP contribution in [0.3, 0.4) is 0 Å². The van der Waals surface area contributed by atoms with Gasteiger partial charge in [-0.05, 0) is 12.6 Å². The van der Waals surface area contributed by atoms with Gasteiger partial charge in [0.2, 0.25) is 0 Å². The zero-order valence-electron chi connectivity index (χ0n) is 7.03. The number of nitrogens with zero attached hydrogens (tertiary/aromatic N) is 2. The highest BCUT2D eigenvalue weighted by atomic mass is 16.5. The summed E-state index contributed by atoms with van der Waals surface area (Å²) in [6.07, 6.45) is 4.26. The Kier molecular flexibility index (Phi) is 2.09. The molecule has 0 bridgehead atoms. The maximum absolute atomic E-state index is 5.36. The summed E-state index contributed by atoms with van der Waals surface area (Å²) in [5.41, 5.74) is 6.26. The largest absolute Gasteiger partial charge is 0.367 e. The molecule has 0 radical (unpaired) electrons. The first-order valence-electron chi connectivity index (χ1n) is 4.06. The van der Waals surface area contributed by atoms with Crippen molar-refractivity contribution in [3.63, 3.8) is 0 Å². The van der Waals surface area contributed by atoms with Gasteiger partial charge in [-0.3, -0.25) is 0 Å². The minimum Gasteiger partial charge on any atom is -0.367 e. The second-order valence-corrected chi connectivity index (χ2v) is 2.65. The van der Waals surface area contributed by atoms with Crippen molar-refractivity contribution in [3.8, 4) is 11.5 Å². The highest BCUT2D eigenvalue weighted by molar-refractivity contribution is 5.50. The average molecular weight is 178 g/mol. The number of nitrogens with one attached hydrogen (secondary N) is 1. The Hall–Kier alpha value is -1.62. The number of hydrogen-bond donors (Lipinski definition) is 2. The predicted octanol–water partition coefficient (Wildman–Crippen LogP) is 0.566. The van der Waals surface area contributed by atoms with Crippen molar-refractivity contribution in [1.82, 2.24) is 15.1 Å². The van der Waals surface area contributed by atoms with Gasteiger partial charge in [-0.15, -0.1) is 0 Å². The van der Waals surface area contributed by atoms with E-state index in [1.807, 2.05) is 12.3 Å². The van der Waals surface area contributed by atoms with Crippen LogP contribution in [0.2, 0.25) is 0 Å². The van der Waals surface area contributed by atoms with Crippen molar-refractivity contribution in [2.24, 2.45) is 5.73 Å². The summed E-state index contributed by atoms with van der Waals surface area (Å²) in [6.45, 7) is 0.534. The molecule has 13 heavy (non-hydrogen) atoms. The number of H-pyrrole nitrogens is 1. The molecule has 2 rings (SSSR count). The number of nitrogens with two attached hydrogens (primary N) is 1. The van der Waals surface area contributed by atoms with Crippen molar-refractivity contribution in [1.29, 1.82) is 0 Å². The molecule has 2 heterocycles. The van der Waals surface area contributed by atoms with Crippen LogP contribution in [-0.2, 0) is 6.42 Å². The van der Waals surface area contributed by atoms with E-state index in [1.54, 1.807) is 6.20 Å². The van der Waals surface area contributed by atoms with Crippen LogP contribution in [0.25, 0.3) is 11.5 Å². The maximum atomic E-state index is 5.36. The van der Waals surface area contributed by atoms with Gasteiger partial charge in [0.1, 0.15) is 0 Å². The second-order valence-electron chi connectivity index (χ2n) is 2.65. The average Bonchev–Trinajstić information content (AvgIpc) is 2.70. The number of aromatic amines is 1. The van der Waals surface area contributed by atoms with E-state index in [2.05, 4.69) is 15.1 Å². The first-order chi connectivity index (χ1) is 6.40. The Bertz CT molecular complexity index is 365. The Morgan fingerprint density at radius 3 is 3.15 bits per heavy atom. The normalized spacial score (nSPS) is 10.5. The molecule has 2 aromatic rings. The Morgan fingerprint density at radius 2 is 2.46 bits per heavy atom. The lowest BCUT2D eigenvalue weighted by atomic mass is 10.3. The van der Waals surface area contributed by atoms with Crippen LogP contribution < -0.4 is 5.73 Å². The molecular weight excluding hydrogens is 168 g/mol. The van der Waals surface area contributed by atoms with Gasteiger partial charge in [0.05, 0.1) is 5.56 Å². The van der Waals surface area contributed by atoms with Gasteiger partial charge in [0, 0.05) is 18.8 Å². The lowest BCUT2D eigenvalue weighted by Gasteiger charge is -1.84. The highest BCUT2D eigenvalue weighted by Gasteiger charge is 2.07. The molecule has 0 aliphatic carbocycles. The molecule has 0 aliphatic rings.